The van der Waals surface area contributed by atoms with Crippen molar-refractivity contribution >= 4 is 39.3 Å². The van der Waals surface area contributed by atoms with Crippen molar-refractivity contribution in [2.45, 2.75) is 45.3 Å². The normalized spacial score (nSPS) is 11.9. The predicted octanol–water partition coefficient (Wildman–Crippen LogP) is 6.04. The molecule has 0 saturated heterocycles. The van der Waals surface area contributed by atoms with Gasteiger partial charge in [0.1, 0.15) is 17.5 Å². The fourth-order valence-corrected chi connectivity index (χ4v) is 4.52. The Morgan fingerprint density at radius 3 is 2.35 bits per heavy atom. The van der Waals surface area contributed by atoms with Crippen molar-refractivity contribution in [1.82, 2.24) is 10.2 Å². The Morgan fingerprint density at radius 1 is 1.00 bits per heavy atom. The summed E-state index contributed by atoms with van der Waals surface area (Å²) in [7, 11) is 1.59. The molecule has 0 aliphatic heterocycles. The smallest absolute Gasteiger partial charge is 0.261 e. The van der Waals surface area contributed by atoms with Gasteiger partial charge in [0.2, 0.25) is 5.91 Å². The lowest BCUT2D eigenvalue weighted by molar-refractivity contribution is -0.143. The summed E-state index contributed by atoms with van der Waals surface area (Å²) in [6.45, 7) is 5.66. The van der Waals surface area contributed by atoms with Gasteiger partial charge < -0.3 is 19.7 Å². The highest BCUT2D eigenvalue weighted by Crippen LogP contribution is 2.28. The van der Waals surface area contributed by atoms with Crippen molar-refractivity contribution in [1.29, 1.82) is 0 Å². The number of methoxy groups -OCH3 is 1. The second kappa shape index (κ2) is 13.0. The van der Waals surface area contributed by atoms with Crippen LogP contribution in [0.1, 0.15) is 31.9 Å². The molecule has 3 aromatic carbocycles. The van der Waals surface area contributed by atoms with E-state index in [2.05, 4.69) is 21.2 Å². The minimum atomic E-state index is -0.774. The molecule has 0 spiro atoms. The molecule has 0 bridgehead atoms. The topological polar surface area (TPSA) is 67.9 Å². The number of halogens is 2. The summed E-state index contributed by atoms with van der Waals surface area (Å²) in [4.78, 5) is 28.8. The Hall–Kier alpha value is -3.03. The predicted molar refractivity (Wildman–Crippen MR) is 150 cm³/mol. The summed E-state index contributed by atoms with van der Waals surface area (Å²) in [6, 6.07) is 21.5. The van der Waals surface area contributed by atoms with Gasteiger partial charge in [-0.05, 0) is 62.2 Å². The number of hydrogen-bond donors (Lipinski definition) is 1. The average Bonchev–Trinajstić information content (AvgIpc) is 2.85. The van der Waals surface area contributed by atoms with E-state index in [-0.39, 0.29) is 25.0 Å². The van der Waals surface area contributed by atoms with Crippen LogP contribution in [0.3, 0.4) is 0 Å². The van der Waals surface area contributed by atoms with Gasteiger partial charge in [-0.2, -0.15) is 0 Å². The van der Waals surface area contributed by atoms with Crippen molar-refractivity contribution < 1.29 is 19.1 Å². The monoisotopic (exact) mass is 586 g/mol. The number of nitrogens with zero attached hydrogens (tertiary/aromatic N) is 1. The van der Waals surface area contributed by atoms with E-state index in [9.17, 15) is 9.59 Å². The largest absolute Gasteiger partial charge is 0.497 e. The van der Waals surface area contributed by atoms with Gasteiger partial charge in [0.25, 0.3) is 5.91 Å². The third-order valence-electron chi connectivity index (χ3n) is 5.50. The van der Waals surface area contributed by atoms with Crippen molar-refractivity contribution in [2.75, 3.05) is 13.7 Å². The zero-order chi connectivity index (χ0) is 27.0. The molecular formula is C29H32BrClN2O4. The third kappa shape index (κ3) is 8.79. The second-order valence-electron chi connectivity index (χ2n) is 9.68. The molecule has 0 radical (unpaired) electrons. The Kier molecular flexibility index (Phi) is 10.0. The maximum absolute atomic E-state index is 13.7. The summed E-state index contributed by atoms with van der Waals surface area (Å²) in [6.07, 6.45) is 0.345. The first kappa shape index (κ1) is 28.5. The molecule has 1 unspecified atom stereocenters. The standard InChI is InChI=1S/C29H32BrClN2O4/c1-29(2,3)32-28(35)25(16-20-9-6-5-7-10-20)33(18-21-11-8-12-23(15-21)36-4)27(34)19-37-26-14-13-22(30)17-24(26)31/h5-15,17,25H,16,18-19H2,1-4H3,(H,32,35). The van der Waals surface area contributed by atoms with E-state index in [0.29, 0.717) is 22.9 Å². The zero-order valence-electron chi connectivity index (χ0n) is 21.5. The van der Waals surface area contributed by atoms with Crippen LogP contribution < -0.4 is 14.8 Å². The Balaban J connectivity index is 1.95. The van der Waals surface area contributed by atoms with E-state index in [1.54, 1.807) is 30.2 Å². The molecule has 8 heteroatoms. The van der Waals surface area contributed by atoms with Crippen LogP contribution >= 0.6 is 27.5 Å². The van der Waals surface area contributed by atoms with E-state index >= 15 is 0 Å². The van der Waals surface area contributed by atoms with Gasteiger partial charge in [-0.25, -0.2) is 0 Å². The highest BCUT2D eigenvalue weighted by Gasteiger charge is 2.32. The van der Waals surface area contributed by atoms with Crippen molar-refractivity contribution in [3.63, 3.8) is 0 Å². The minimum Gasteiger partial charge on any atom is -0.497 e. The van der Waals surface area contributed by atoms with Crippen LogP contribution in [-0.4, -0.2) is 42.0 Å². The van der Waals surface area contributed by atoms with E-state index < -0.39 is 11.6 Å². The van der Waals surface area contributed by atoms with Gasteiger partial charge in [0.15, 0.2) is 6.61 Å². The molecule has 1 N–H and O–H groups in total. The van der Waals surface area contributed by atoms with Gasteiger partial charge in [0.05, 0.1) is 12.1 Å². The molecule has 0 aliphatic rings. The first-order chi connectivity index (χ1) is 17.6. The van der Waals surface area contributed by atoms with Crippen LogP contribution in [0.4, 0.5) is 0 Å². The molecular weight excluding hydrogens is 556 g/mol. The van der Waals surface area contributed by atoms with Crippen molar-refractivity contribution in [2.24, 2.45) is 0 Å². The summed E-state index contributed by atoms with van der Waals surface area (Å²) in [5, 5.41) is 3.43. The van der Waals surface area contributed by atoms with Crippen LogP contribution in [0.25, 0.3) is 0 Å². The lowest BCUT2D eigenvalue weighted by Gasteiger charge is -2.33. The number of nitrogens with one attached hydrogen (secondary N) is 1. The minimum absolute atomic E-state index is 0.197. The number of ether oxygens (including phenoxy) is 2. The summed E-state index contributed by atoms with van der Waals surface area (Å²) in [5.74, 6) is 0.473. The van der Waals surface area contributed by atoms with Crippen molar-refractivity contribution in [3.8, 4) is 11.5 Å². The van der Waals surface area contributed by atoms with Crippen LogP contribution in [-0.2, 0) is 22.6 Å². The fourth-order valence-electron chi connectivity index (χ4n) is 3.79. The van der Waals surface area contributed by atoms with Crippen molar-refractivity contribution in [3.05, 3.63) is 93.4 Å². The number of amides is 2. The molecule has 37 heavy (non-hydrogen) atoms. The molecule has 0 saturated carbocycles. The Labute approximate surface area is 232 Å². The maximum Gasteiger partial charge on any atom is 0.261 e. The van der Waals surface area contributed by atoms with Crippen LogP contribution in [0.5, 0.6) is 11.5 Å². The Bertz CT molecular complexity index is 1210. The molecule has 3 aromatic rings. The van der Waals surface area contributed by atoms with E-state index in [1.807, 2.05) is 75.4 Å². The SMILES string of the molecule is COc1cccc(CN(C(=O)COc2ccc(Br)cc2Cl)C(Cc2ccccc2)C(=O)NC(C)(C)C)c1. The molecule has 6 nitrogen and oxygen atoms in total. The zero-order valence-corrected chi connectivity index (χ0v) is 23.8. The van der Waals surface area contributed by atoms with E-state index in [1.165, 1.54) is 0 Å². The molecule has 0 heterocycles. The highest BCUT2D eigenvalue weighted by molar-refractivity contribution is 9.10. The summed E-state index contributed by atoms with van der Waals surface area (Å²) < 4.78 is 12.0. The number of benzene rings is 3. The van der Waals surface area contributed by atoms with Gasteiger partial charge in [-0.15, -0.1) is 0 Å². The molecule has 3 rings (SSSR count). The summed E-state index contributed by atoms with van der Waals surface area (Å²) >= 11 is 9.66. The Morgan fingerprint density at radius 2 is 1.70 bits per heavy atom. The van der Waals surface area contributed by atoms with Gasteiger partial charge >= 0.3 is 0 Å². The molecule has 1 atom stereocenters. The molecule has 0 aromatic heterocycles. The molecule has 0 fully saturated rings. The number of carbonyl (C=O) groups excluding carboxylic acids is 2. The van der Waals surface area contributed by atoms with Crippen LogP contribution in [0.2, 0.25) is 5.02 Å². The first-order valence-corrected chi connectivity index (χ1v) is 13.1. The van der Waals surface area contributed by atoms with Crippen LogP contribution in [0, 0.1) is 0 Å². The second-order valence-corrected chi connectivity index (χ2v) is 11.0. The van der Waals surface area contributed by atoms with E-state index in [0.717, 1.165) is 15.6 Å². The third-order valence-corrected chi connectivity index (χ3v) is 6.29. The number of hydrogen-bond acceptors (Lipinski definition) is 4. The number of rotatable bonds is 10. The van der Waals surface area contributed by atoms with Gasteiger partial charge in [0, 0.05) is 23.0 Å². The molecule has 196 valence electrons. The lowest BCUT2D eigenvalue weighted by atomic mass is 10.0. The van der Waals surface area contributed by atoms with Gasteiger partial charge in [-0.1, -0.05) is 70.0 Å². The quantitative estimate of drug-likeness (QED) is 0.314. The first-order valence-electron chi connectivity index (χ1n) is 11.9. The average molecular weight is 588 g/mol. The lowest BCUT2D eigenvalue weighted by Crippen LogP contribution is -2.55. The number of carbonyl (C=O) groups is 2. The fraction of sp³-hybridized carbons (Fsp3) is 0.310. The van der Waals surface area contributed by atoms with Gasteiger partial charge in [-0.3, -0.25) is 9.59 Å². The molecule has 2 amide bonds. The highest BCUT2D eigenvalue weighted by atomic mass is 79.9. The van der Waals surface area contributed by atoms with E-state index in [4.69, 9.17) is 21.1 Å². The summed E-state index contributed by atoms with van der Waals surface area (Å²) in [5.41, 5.74) is 1.30. The maximum atomic E-state index is 13.7. The molecule has 0 aliphatic carbocycles. The van der Waals surface area contributed by atoms with Crippen LogP contribution in [0.15, 0.2) is 77.3 Å².